The summed E-state index contributed by atoms with van der Waals surface area (Å²) in [6.07, 6.45) is 3.70. The van der Waals surface area contributed by atoms with E-state index < -0.39 is 0 Å². The molecule has 1 aromatic heterocycles. The van der Waals surface area contributed by atoms with Gasteiger partial charge in [0.25, 0.3) is 0 Å². The van der Waals surface area contributed by atoms with Gasteiger partial charge in [-0.25, -0.2) is 9.98 Å². The molecule has 2 rings (SSSR count). The van der Waals surface area contributed by atoms with E-state index >= 15 is 0 Å². The first-order valence-electron chi connectivity index (χ1n) is 5.45. The number of thioether (sulfide) groups is 1. The van der Waals surface area contributed by atoms with Crippen molar-refractivity contribution in [3.8, 4) is 0 Å². The van der Waals surface area contributed by atoms with E-state index in [0.29, 0.717) is 5.25 Å². The van der Waals surface area contributed by atoms with E-state index in [4.69, 9.17) is 0 Å². The predicted molar refractivity (Wildman–Crippen MR) is 76.8 cm³/mol. The Kier molecular flexibility index (Phi) is 4.34. The van der Waals surface area contributed by atoms with Crippen molar-refractivity contribution in [1.29, 1.82) is 0 Å². The van der Waals surface area contributed by atoms with E-state index in [0.717, 1.165) is 14.9 Å². The summed E-state index contributed by atoms with van der Waals surface area (Å²) in [5.41, 5.74) is 1.11. The Morgan fingerprint density at radius 3 is 2.76 bits per heavy atom. The molecule has 4 heteroatoms. The maximum absolute atomic E-state index is 4.42. The molecule has 0 saturated carbocycles. The van der Waals surface area contributed by atoms with Gasteiger partial charge in [0.2, 0.25) is 0 Å². The van der Waals surface area contributed by atoms with Crippen molar-refractivity contribution in [2.75, 3.05) is 0 Å². The zero-order chi connectivity index (χ0) is 12.1. The van der Waals surface area contributed by atoms with E-state index in [1.54, 1.807) is 23.1 Å². The molecule has 0 aliphatic rings. The fourth-order valence-electron chi connectivity index (χ4n) is 1.24. The third-order valence-electron chi connectivity index (χ3n) is 1.95. The molecule has 0 atom stereocenters. The Hall–Kier alpha value is -1.13. The molecule has 1 aromatic carbocycles. The van der Waals surface area contributed by atoms with Crippen LogP contribution in [0.3, 0.4) is 0 Å². The second-order valence-electron chi connectivity index (χ2n) is 3.80. The summed E-state index contributed by atoms with van der Waals surface area (Å²) < 4.78 is 1.08. The van der Waals surface area contributed by atoms with E-state index in [2.05, 4.69) is 23.8 Å². The maximum Gasteiger partial charge on any atom is 0.152 e. The molecule has 2 nitrogen and oxygen atoms in total. The van der Waals surface area contributed by atoms with E-state index in [1.807, 2.05) is 42.7 Å². The van der Waals surface area contributed by atoms with Crippen LogP contribution in [0.1, 0.15) is 19.4 Å². The van der Waals surface area contributed by atoms with Crippen molar-refractivity contribution in [3.05, 3.63) is 42.1 Å². The monoisotopic (exact) mass is 262 g/mol. The Bertz CT molecular complexity index is 489. The topological polar surface area (TPSA) is 25.2 Å². The van der Waals surface area contributed by atoms with Crippen LogP contribution in [0.5, 0.6) is 0 Å². The minimum Gasteiger partial charge on any atom is -0.244 e. The molecule has 0 fully saturated rings. The van der Waals surface area contributed by atoms with Crippen LogP contribution in [0.2, 0.25) is 0 Å². The highest BCUT2D eigenvalue weighted by molar-refractivity contribution is 8.01. The summed E-state index contributed by atoms with van der Waals surface area (Å²) in [5.74, 6) is 0. The molecular weight excluding hydrogens is 248 g/mol. The highest BCUT2D eigenvalue weighted by Gasteiger charge is 2.03. The Morgan fingerprint density at radius 2 is 2.06 bits per heavy atom. The molecule has 17 heavy (non-hydrogen) atoms. The van der Waals surface area contributed by atoms with Crippen molar-refractivity contribution < 1.29 is 0 Å². The number of rotatable bonds is 4. The van der Waals surface area contributed by atoms with E-state index in [-0.39, 0.29) is 0 Å². The molecule has 0 aliphatic carbocycles. The van der Waals surface area contributed by atoms with Gasteiger partial charge in [-0.2, -0.15) is 0 Å². The lowest BCUT2D eigenvalue weighted by atomic mass is 10.2. The lowest BCUT2D eigenvalue weighted by Gasteiger charge is -1.97. The molecular formula is C13H14N2S2. The number of nitrogens with zero attached hydrogens (tertiary/aromatic N) is 2. The maximum atomic E-state index is 4.42. The first-order valence-corrected chi connectivity index (χ1v) is 7.15. The number of hydrogen-bond acceptors (Lipinski definition) is 4. The minimum absolute atomic E-state index is 0.562. The fraction of sp³-hybridized carbons (Fsp3) is 0.231. The molecule has 0 saturated heterocycles. The third kappa shape index (κ3) is 3.98. The van der Waals surface area contributed by atoms with Crippen LogP contribution >= 0.6 is 23.1 Å². The van der Waals surface area contributed by atoms with Gasteiger partial charge in [0, 0.05) is 11.5 Å². The number of aromatic nitrogens is 1. The molecule has 1 heterocycles. The van der Waals surface area contributed by atoms with Gasteiger partial charge in [0.15, 0.2) is 4.34 Å². The summed E-state index contributed by atoms with van der Waals surface area (Å²) >= 11 is 3.41. The van der Waals surface area contributed by atoms with E-state index in [1.165, 1.54) is 0 Å². The van der Waals surface area contributed by atoms with Crippen molar-refractivity contribution in [3.63, 3.8) is 0 Å². The van der Waals surface area contributed by atoms with Crippen molar-refractivity contribution in [2.45, 2.75) is 23.4 Å². The van der Waals surface area contributed by atoms with Crippen LogP contribution in [0.25, 0.3) is 0 Å². The molecule has 2 aromatic rings. The third-order valence-corrected chi connectivity index (χ3v) is 3.97. The molecule has 0 N–H and O–H groups in total. The lowest BCUT2D eigenvalue weighted by Crippen LogP contribution is -1.83. The standard InChI is InChI=1S/C13H14N2S2/c1-10(2)16-13-15-9-12(17-13)14-8-11-6-4-3-5-7-11/h3-10H,1-2H3. The van der Waals surface area contributed by atoms with Crippen LogP contribution < -0.4 is 0 Å². The van der Waals surface area contributed by atoms with Crippen LogP contribution in [0.15, 0.2) is 45.9 Å². The Morgan fingerprint density at radius 1 is 1.29 bits per heavy atom. The molecule has 0 bridgehead atoms. The highest BCUT2D eigenvalue weighted by atomic mass is 32.2. The summed E-state index contributed by atoms with van der Waals surface area (Å²) in [6, 6.07) is 10.1. The van der Waals surface area contributed by atoms with Gasteiger partial charge in [0.05, 0.1) is 6.20 Å². The molecule has 0 unspecified atom stereocenters. The van der Waals surface area contributed by atoms with Crippen LogP contribution in [0, 0.1) is 0 Å². The first-order chi connectivity index (χ1) is 8.24. The summed E-state index contributed by atoms with van der Waals surface area (Å²) in [5, 5.41) is 1.52. The van der Waals surface area contributed by atoms with Gasteiger partial charge in [-0.15, -0.1) is 0 Å². The first kappa shape index (κ1) is 12.3. The quantitative estimate of drug-likeness (QED) is 0.603. The minimum atomic E-state index is 0.562. The Labute approximate surface area is 110 Å². The van der Waals surface area contributed by atoms with Crippen molar-refractivity contribution >= 4 is 34.3 Å². The van der Waals surface area contributed by atoms with Gasteiger partial charge >= 0.3 is 0 Å². The molecule has 0 spiro atoms. The summed E-state index contributed by atoms with van der Waals surface area (Å²) in [7, 11) is 0. The van der Waals surface area contributed by atoms with E-state index in [9.17, 15) is 0 Å². The summed E-state index contributed by atoms with van der Waals surface area (Å²) in [4.78, 5) is 8.76. The van der Waals surface area contributed by atoms with Gasteiger partial charge in [-0.1, -0.05) is 67.3 Å². The SMILES string of the molecule is CC(C)Sc1ncc(N=Cc2ccccc2)s1. The number of aliphatic imine (C=N–C) groups is 1. The average molecular weight is 262 g/mol. The number of hydrogen-bond donors (Lipinski definition) is 0. The number of benzene rings is 1. The molecule has 88 valence electrons. The average Bonchev–Trinajstić information content (AvgIpc) is 2.75. The van der Waals surface area contributed by atoms with Gasteiger partial charge < -0.3 is 0 Å². The van der Waals surface area contributed by atoms with Crippen LogP contribution in [0.4, 0.5) is 5.00 Å². The molecule has 0 amide bonds. The van der Waals surface area contributed by atoms with Gasteiger partial charge in [-0.3, -0.25) is 0 Å². The zero-order valence-corrected chi connectivity index (χ0v) is 11.5. The molecule has 0 aliphatic heterocycles. The number of thiazole rings is 1. The van der Waals surface area contributed by atoms with Crippen molar-refractivity contribution in [2.24, 2.45) is 4.99 Å². The largest absolute Gasteiger partial charge is 0.244 e. The fourth-order valence-corrected chi connectivity index (χ4v) is 3.28. The van der Waals surface area contributed by atoms with Gasteiger partial charge in [0.1, 0.15) is 5.00 Å². The smallest absolute Gasteiger partial charge is 0.152 e. The lowest BCUT2D eigenvalue weighted by molar-refractivity contribution is 1.10. The highest BCUT2D eigenvalue weighted by Crippen LogP contribution is 2.31. The van der Waals surface area contributed by atoms with Gasteiger partial charge in [-0.05, 0) is 5.56 Å². The molecule has 0 radical (unpaired) electrons. The second kappa shape index (κ2) is 5.98. The zero-order valence-electron chi connectivity index (χ0n) is 9.83. The Balaban J connectivity index is 2.04. The summed E-state index contributed by atoms with van der Waals surface area (Å²) in [6.45, 7) is 4.33. The second-order valence-corrected chi connectivity index (χ2v) is 6.63. The predicted octanol–water partition coefficient (Wildman–Crippen LogP) is 4.39. The normalized spacial score (nSPS) is 11.5. The van der Waals surface area contributed by atoms with Crippen LogP contribution in [-0.2, 0) is 0 Å². The van der Waals surface area contributed by atoms with Crippen molar-refractivity contribution in [1.82, 2.24) is 4.98 Å². The van der Waals surface area contributed by atoms with Crippen LogP contribution in [-0.4, -0.2) is 16.4 Å².